The van der Waals surface area contributed by atoms with Crippen LogP contribution in [-0.2, 0) is 0 Å². The first kappa shape index (κ1) is 12.4. The minimum absolute atomic E-state index is 0.494. The number of anilines is 1. The molecule has 1 aromatic heterocycles. The van der Waals surface area contributed by atoms with Gasteiger partial charge in [0.25, 0.3) is 0 Å². The van der Waals surface area contributed by atoms with E-state index in [1.165, 1.54) is 24.8 Å². The molecule has 1 fully saturated rings. The molecule has 1 saturated heterocycles. The zero-order valence-electron chi connectivity index (χ0n) is 10.9. The molecule has 0 bridgehead atoms. The second-order valence-electron chi connectivity index (χ2n) is 4.59. The molecule has 1 atom stereocenters. The normalized spacial score (nSPS) is 20.2. The first-order valence-corrected chi connectivity index (χ1v) is 6.80. The van der Waals surface area contributed by atoms with Crippen LogP contribution in [-0.4, -0.2) is 24.6 Å². The van der Waals surface area contributed by atoms with Gasteiger partial charge < -0.3 is 10.2 Å². The van der Waals surface area contributed by atoms with Gasteiger partial charge in [0.1, 0.15) is 5.82 Å². The van der Waals surface area contributed by atoms with Crippen LogP contribution in [0.4, 0.5) is 5.82 Å². The van der Waals surface area contributed by atoms with Crippen molar-refractivity contribution in [1.29, 1.82) is 0 Å². The molecule has 0 spiro atoms. The van der Waals surface area contributed by atoms with Gasteiger partial charge in [-0.15, -0.1) is 0 Å². The van der Waals surface area contributed by atoms with Gasteiger partial charge in [-0.2, -0.15) is 0 Å². The molecule has 17 heavy (non-hydrogen) atoms. The number of nitrogens with zero attached hydrogens (tertiary/aromatic N) is 2. The lowest BCUT2D eigenvalue weighted by Gasteiger charge is -2.29. The molecule has 0 aliphatic carbocycles. The summed E-state index contributed by atoms with van der Waals surface area (Å²) >= 11 is 0. The fourth-order valence-electron chi connectivity index (χ4n) is 2.59. The van der Waals surface area contributed by atoms with Crippen molar-refractivity contribution >= 4 is 5.82 Å². The zero-order chi connectivity index (χ0) is 12.1. The minimum Gasteiger partial charge on any atom is -0.357 e. The van der Waals surface area contributed by atoms with Gasteiger partial charge in [-0.25, -0.2) is 4.98 Å². The van der Waals surface area contributed by atoms with Crippen LogP contribution < -0.4 is 10.2 Å². The highest BCUT2D eigenvalue weighted by molar-refractivity contribution is 5.48. The van der Waals surface area contributed by atoms with Crippen LogP contribution in [0.1, 0.15) is 44.7 Å². The molecule has 0 aromatic carbocycles. The molecule has 2 heterocycles. The predicted molar refractivity (Wildman–Crippen MR) is 72.4 cm³/mol. The molecule has 1 aliphatic heterocycles. The highest BCUT2D eigenvalue weighted by atomic mass is 15.2. The number of piperidine rings is 1. The smallest absolute Gasteiger partial charge is 0.133 e. The Hall–Kier alpha value is -1.09. The monoisotopic (exact) mass is 233 g/mol. The van der Waals surface area contributed by atoms with Crippen LogP contribution in [0.5, 0.6) is 0 Å². The molecule has 3 heteroatoms. The number of hydrogen-bond acceptors (Lipinski definition) is 3. The van der Waals surface area contributed by atoms with Gasteiger partial charge in [0.05, 0.1) is 0 Å². The minimum atomic E-state index is 0.494. The number of pyridine rings is 1. The van der Waals surface area contributed by atoms with Crippen LogP contribution in [0, 0.1) is 0 Å². The zero-order valence-corrected chi connectivity index (χ0v) is 10.9. The van der Waals surface area contributed by atoms with E-state index in [0.717, 1.165) is 25.5 Å². The fourth-order valence-corrected chi connectivity index (χ4v) is 2.59. The largest absolute Gasteiger partial charge is 0.357 e. The predicted octanol–water partition coefficient (Wildman–Crippen LogP) is 2.74. The van der Waals surface area contributed by atoms with Crippen molar-refractivity contribution in [3.05, 3.63) is 23.9 Å². The average molecular weight is 233 g/mol. The second kappa shape index (κ2) is 6.01. The summed E-state index contributed by atoms with van der Waals surface area (Å²) in [5, 5.41) is 3.61. The maximum Gasteiger partial charge on any atom is 0.133 e. The number of aromatic nitrogens is 1. The summed E-state index contributed by atoms with van der Waals surface area (Å²) in [5.74, 6) is 1.16. The van der Waals surface area contributed by atoms with Crippen LogP contribution in [0.2, 0.25) is 0 Å². The molecule has 1 aromatic rings. The Bertz CT molecular complexity index is 341. The van der Waals surface area contributed by atoms with Crippen molar-refractivity contribution in [3.63, 3.8) is 0 Å². The maximum absolute atomic E-state index is 4.58. The molecular weight excluding hydrogens is 210 g/mol. The van der Waals surface area contributed by atoms with E-state index in [0.29, 0.717) is 6.04 Å². The first-order chi connectivity index (χ1) is 8.36. The Balaban J connectivity index is 2.25. The summed E-state index contributed by atoms with van der Waals surface area (Å²) in [6.45, 7) is 7.56. The summed E-state index contributed by atoms with van der Waals surface area (Å²) in [5.41, 5.74) is 1.37. The fraction of sp³-hybridized carbons (Fsp3) is 0.643. The van der Waals surface area contributed by atoms with Crippen LogP contribution in [0.3, 0.4) is 0 Å². The van der Waals surface area contributed by atoms with Crippen molar-refractivity contribution in [3.8, 4) is 0 Å². The SMILES string of the molecule is CCN(CC)c1ncccc1[C@H]1CCCCN1. The summed E-state index contributed by atoms with van der Waals surface area (Å²) in [6, 6.07) is 4.77. The standard InChI is InChI=1S/C14H23N3/c1-3-17(4-2)14-12(8-7-11-16-14)13-9-5-6-10-15-13/h7-8,11,13,15H,3-6,9-10H2,1-2H3/t13-/m1/s1. The molecule has 0 radical (unpaired) electrons. The molecule has 1 aliphatic rings. The maximum atomic E-state index is 4.58. The Morgan fingerprint density at radius 3 is 2.82 bits per heavy atom. The van der Waals surface area contributed by atoms with Crippen molar-refractivity contribution in [2.45, 2.75) is 39.2 Å². The summed E-state index contributed by atoms with van der Waals surface area (Å²) in [4.78, 5) is 6.92. The molecule has 2 rings (SSSR count). The van der Waals surface area contributed by atoms with Gasteiger partial charge in [0, 0.05) is 30.9 Å². The van der Waals surface area contributed by atoms with Crippen LogP contribution in [0.15, 0.2) is 18.3 Å². The van der Waals surface area contributed by atoms with Gasteiger partial charge in [0.2, 0.25) is 0 Å². The second-order valence-corrected chi connectivity index (χ2v) is 4.59. The molecule has 0 saturated carbocycles. The number of nitrogens with one attached hydrogen (secondary N) is 1. The molecule has 94 valence electrons. The van der Waals surface area contributed by atoms with Gasteiger partial charge >= 0.3 is 0 Å². The highest BCUT2D eigenvalue weighted by Gasteiger charge is 2.20. The van der Waals surface area contributed by atoms with Gasteiger partial charge in [-0.1, -0.05) is 12.5 Å². The van der Waals surface area contributed by atoms with E-state index in [2.05, 4.69) is 41.2 Å². The van der Waals surface area contributed by atoms with Crippen molar-refractivity contribution in [2.75, 3.05) is 24.5 Å². The van der Waals surface area contributed by atoms with E-state index in [1.54, 1.807) is 0 Å². The molecule has 1 N–H and O–H groups in total. The number of hydrogen-bond donors (Lipinski definition) is 1. The third-order valence-electron chi connectivity index (χ3n) is 3.57. The Kier molecular flexibility index (Phi) is 4.37. The Labute approximate surface area is 104 Å². The van der Waals surface area contributed by atoms with Crippen molar-refractivity contribution in [1.82, 2.24) is 10.3 Å². The van der Waals surface area contributed by atoms with E-state index in [4.69, 9.17) is 0 Å². The van der Waals surface area contributed by atoms with Gasteiger partial charge in [-0.3, -0.25) is 0 Å². The average Bonchev–Trinajstić information content (AvgIpc) is 2.42. The van der Waals surface area contributed by atoms with Crippen molar-refractivity contribution in [2.24, 2.45) is 0 Å². The topological polar surface area (TPSA) is 28.2 Å². The molecular formula is C14H23N3. The lowest BCUT2D eigenvalue weighted by Crippen LogP contribution is -2.30. The number of rotatable bonds is 4. The van der Waals surface area contributed by atoms with E-state index in [1.807, 2.05) is 6.20 Å². The molecule has 3 nitrogen and oxygen atoms in total. The quantitative estimate of drug-likeness (QED) is 0.866. The third kappa shape index (κ3) is 2.78. The van der Waals surface area contributed by atoms with Crippen LogP contribution >= 0.6 is 0 Å². The summed E-state index contributed by atoms with van der Waals surface area (Å²) in [6.07, 6.45) is 5.77. The first-order valence-electron chi connectivity index (χ1n) is 6.80. The van der Waals surface area contributed by atoms with Gasteiger partial charge in [0.15, 0.2) is 0 Å². The third-order valence-corrected chi connectivity index (χ3v) is 3.57. The highest BCUT2D eigenvalue weighted by Crippen LogP contribution is 2.29. The van der Waals surface area contributed by atoms with E-state index in [9.17, 15) is 0 Å². The van der Waals surface area contributed by atoms with Crippen molar-refractivity contribution < 1.29 is 0 Å². The lowest BCUT2D eigenvalue weighted by molar-refractivity contribution is 0.411. The molecule has 0 unspecified atom stereocenters. The Morgan fingerprint density at radius 1 is 1.35 bits per heavy atom. The summed E-state index contributed by atoms with van der Waals surface area (Å²) in [7, 11) is 0. The van der Waals surface area contributed by atoms with E-state index >= 15 is 0 Å². The van der Waals surface area contributed by atoms with E-state index < -0.39 is 0 Å². The van der Waals surface area contributed by atoms with Crippen LogP contribution in [0.25, 0.3) is 0 Å². The lowest BCUT2D eigenvalue weighted by atomic mass is 9.97. The Morgan fingerprint density at radius 2 is 2.18 bits per heavy atom. The van der Waals surface area contributed by atoms with E-state index in [-0.39, 0.29) is 0 Å². The summed E-state index contributed by atoms with van der Waals surface area (Å²) < 4.78 is 0. The molecule has 0 amide bonds. The van der Waals surface area contributed by atoms with Gasteiger partial charge in [-0.05, 0) is 39.3 Å².